The Balaban J connectivity index is 1.92. The van der Waals surface area contributed by atoms with Crippen molar-refractivity contribution in [2.45, 2.75) is 20.3 Å². The van der Waals surface area contributed by atoms with Crippen LogP contribution in [0.25, 0.3) is 0 Å². The third kappa shape index (κ3) is 5.21. The summed E-state index contributed by atoms with van der Waals surface area (Å²) in [5, 5.41) is 5.51. The number of anilines is 2. The lowest BCUT2D eigenvalue weighted by molar-refractivity contribution is -0.119. The van der Waals surface area contributed by atoms with E-state index in [0.717, 1.165) is 0 Å². The molecule has 0 aliphatic rings. The molecular weight excluding hydrogens is 295 g/mol. The molecule has 0 heterocycles. The molecule has 2 aromatic carbocycles. The molecule has 120 valence electrons. The fraction of sp³-hybridized carbons (Fsp3) is 0.222. The van der Waals surface area contributed by atoms with Crippen LogP contribution in [-0.4, -0.2) is 11.8 Å². The van der Waals surface area contributed by atoms with Gasteiger partial charge in [-0.3, -0.25) is 9.59 Å². The largest absolute Gasteiger partial charge is 0.326 e. The van der Waals surface area contributed by atoms with Crippen LogP contribution in [0.15, 0.2) is 48.5 Å². The van der Waals surface area contributed by atoms with E-state index < -0.39 is 0 Å². The second kappa shape index (κ2) is 7.54. The van der Waals surface area contributed by atoms with Crippen LogP contribution in [0, 0.1) is 11.7 Å². The van der Waals surface area contributed by atoms with Crippen LogP contribution in [-0.2, 0) is 16.0 Å². The Labute approximate surface area is 134 Å². The molecule has 0 unspecified atom stereocenters. The Bertz CT molecular complexity index is 696. The van der Waals surface area contributed by atoms with Gasteiger partial charge in [-0.15, -0.1) is 0 Å². The average molecular weight is 314 g/mol. The van der Waals surface area contributed by atoms with Crippen molar-refractivity contribution in [3.63, 3.8) is 0 Å². The summed E-state index contributed by atoms with van der Waals surface area (Å²) < 4.78 is 13.1. The highest BCUT2D eigenvalue weighted by atomic mass is 19.1. The number of benzene rings is 2. The monoisotopic (exact) mass is 314 g/mol. The van der Waals surface area contributed by atoms with Crippen LogP contribution in [0.1, 0.15) is 19.4 Å². The van der Waals surface area contributed by atoms with E-state index in [1.54, 1.807) is 36.4 Å². The van der Waals surface area contributed by atoms with Crippen molar-refractivity contribution in [2.75, 3.05) is 10.6 Å². The van der Waals surface area contributed by atoms with E-state index in [2.05, 4.69) is 10.6 Å². The first-order chi connectivity index (χ1) is 10.9. The smallest absolute Gasteiger partial charge is 0.228 e. The molecule has 0 atom stereocenters. The highest BCUT2D eigenvalue weighted by Crippen LogP contribution is 2.15. The standard InChI is InChI=1S/C18H19FN2O2/c1-12(2)18(23)21-16-8-6-15(7-9-16)20-17(22)11-13-4-3-5-14(19)10-13/h3-10,12H,11H2,1-2H3,(H,20,22)(H,21,23). The second-order valence-electron chi connectivity index (χ2n) is 5.58. The maximum atomic E-state index is 13.1. The van der Waals surface area contributed by atoms with Crippen molar-refractivity contribution < 1.29 is 14.0 Å². The zero-order valence-corrected chi connectivity index (χ0v) is 13.1. The predicted molar refractivity (Wildman–Crippen MR) is 88.6 cm³/mol. The SMILES string of the molecule is CC(C)C(=O)Nc1ccc(NC(=O)Cc2cccc(F)c2)cc1. The van der Waals surface area contributed by atoms with E-state index in [4.69, 9.17) is 0 Å². The lowest BCUT2D eigenvalue weighted by atomic mass is 10.1. The van der Waals surface area contributed by atoms with Gasteiger partial charge in [-0.05, 0) is 42.0 Å². The Morgan fingerprint density at radius 1 is 1.00 bits per heavy atom. The molecule has 0 aliphatic carbocycles. The van der Waals surface area contributed by atoms with Gasteiger partial charge < -0.3 is 10.6 Å². The maximum absolute atomic E-state index is 13.1. The molecule has 5 heteroatoms. The Morgan fingerprint density at radius 3 is 2.17 bits per heavy atom. The van der Waals surface area contributed by atoms with Gasteiger partial charge in [0.15, 0.2) is 0 Å². The quantitative estimate of drug-likeness (QED) is 0.886. The summed E-state index contributed by atoms with van der Waals surface area (Å²) in [6.07, 6.45) is 0.101. The second-order valence-corrected chi connectivity index (χ2v) is 5.58. The van der Waals surface area contributed by atoms with Crippen LogP contribution in [0.5, 0.6) is 0 Å². The van der Waals surface area contributed by atoms with Gasteiger partial charge in [0.2, 0.25) is 11.8 Å². The minimum absolute atomic E-state index is 0.0621. The number of hydrogen-bond acceptors (Lipinski definition) is 2. The van der Waals surface area contributed by atoms with E-state index >= 15 is 0 Å². The lowest BCUT2D eigenvalue weighted by Crippen LogP contribution is -2.18. The first kappa shape index (κ1) is 16.7. The van der Waals surface area contributed by atoms with E-state index in [9.17, 15) is 14.0 Å². The van der Waals surface area contributed by atoms with Crippen molar-refractivity contribution in [3.8, 4) is 0 Å². The molecule has 0 fully saturated rings. The van der Waals surface area contributed by atoms with Crippen LogP contribution in [0.2, 0.25) is 0 Å². The molecule has 0 aromatic heterocycles. The summed E-state index contributed by atoms with van der Waals surface area (Å²) in [6, 6.07) is 12.8. The molecule has 0 aliphatic heterocycles. The van der Waals surface area contributed by atoms with Crippen LogP contribution in [0.3, 0.4) is 0 Å². The Morgan fingerprint density at radius 2 is 1.61 bits per heavy atom. The van der Waals surface area contributed by atoms with Crippen molar-refractivity contribution in [2.24, 2.45) is 5.92 Å². The van der Waals surface area contributed by atoms with Crippen molar-refractivity contribution in [3.05, 3.63) is 59.9 Å². The minimum Gasteiger partial charge on any atom is -0.326 e. The highest BCUT2D eigenvalue weighted by molar-refractivity contribution is 5.94. The first-order valence-electron chi connectivity index (χ1n) is 7.39. The normalized spacial score (nSPS) is 10.4. The van der Waals surface area contributed by atoms with E-state index in [1.165, 1.54) is 12.1 Å². The third-order valence-electron chi connectivity index (χ3n) is 3.21. The number of nitrogens with one attached hydrogen (secondary N) is 2. The van der Waals surface area contributed by atoms with Gasteiger partial charge in [0, 0.05) is 17.3 Å². The zero-order valence-electron chi connectivity index (χ0n) is 13.1. The molecule has 0 saturated heterocycles. The number of halogens is 1. The average Bonchev–Trinajstić information content (AvgIpc) is 2.49. The van der Waals surface area contributed by atoms with Crippen LogP contribution >= 0.6 is 0 Å². The van der Waals surface area contributed by atoms with Gasteiger partial charge in [-0.2, -0.15) is 0 Å². The van der Waals surface area contributed by atoms with E-state index in [0.29, 0.717) is 16.9 Å². The van der Waals surface area contributed by atoms with Gasteiger partial charge in [-0.25, -0.2) is 4.39 Å². The van der Waals surface area contributed by atoms with Crippen molar-refractivity contribution in [1.29, 1.82) is 0 Å². The summed E-state index contributed by atoms with van der Waals surface area (Å²) >= 11 is 0. The predicted octanol–water partition coefficient (Wildman–Crippen LogP) is 3.60. The molecule has 0 saturated carbocycles. The van der Waals surface area contributed by atoms with Crippen LogP contribution < -0.4 is 10.6 Å². The third-order valence-corrected chi connectivity index (χ3v) is 3.21. The topological polar surface area (TPSA) is 58.2 Å². The summed E-state index contributed by atoms with van der Waals surface area (Å²) in [5.74, 6) is -0.747. The van der Waals surface area contributed by atoms with Crippen molar-refractivity contribution in [1.82, 2.24) is 0 Å². The summed E-state index contributed by atoms with van der Waals surface area (Å²) in [6.45, 7) is 3.63. The van der Waals surface area contributed by atoms with Gasteiger partial charge in [0.1, 0.15) is 5.82 Å². The van der Waals surface area contributed by atoms with E-state index in [1.807, 2.05) is 13.8 Å². The van der Waals surface area contributed by atoms with Gasteiger partial charge >= 0.3 is 0 Å². The molecular formula is C18H19FN2O2. The molecule has 2 N–H and O–H groups in total. The molecule has 4 nitrogen and oxygen atoms in total. The van der Waals surface area contributed by atoms with Gasteiger partial charge in [0.05, 0.1) is 6.42 Å². The van der Waals surface area contributed by atoms with E-state index in [-0.39, 0.29) is 30.0 Å². The molecule has 2 amide bonds. The number of carbonyl (C=O) groups is 2. The van der Waals surface area contributed by atoms with Gasteiger partial charge in [0.25, 0.3) is 0 Å². The lowest BCUT2D eigenvalue weighted by Gasteiger charge is -2.09. The zero-order chi connectivity index (χ0) is 16.8. The summed E-state index contributed by atoms with van der Waals surface area (Å²) in [4.78, 5) is 23.5. The van der Waals surface area contributed by atoms with Crippen LogP contribution in [0.4, 0.5) is 15.8 Å². The molecule has 23 heavy (non-hydrogen) atoms. The summed E-state index contributed by atoms with van der Waals surface area (Å²) in [5.41, 5.74) is 1.91. The number of amides is 2. The summed E-state index contributed by atoms with van der Waals surface area (Å²) in [7, 11) is 0. The van der Waals surface area contributed by atoms with Crippen molar-refractivity contribution >= 4 is 23.2 Å². The maximum Gasteiger partial charge on any atom is 0.228 e. The van der Waals surface area contributed by atoms with Gasteiger partial charge in [-0.1, -0.05) is 26.0 Å². The first-order valence-corrected chi connectivity index (χ1v) is 7.39. The molecule has 2 aromatic rings. The minimum atomic E-state index is -0.361. The molecule has 0 spiro atoms. The molecule has 0 radical (unpaired) electrons. The highest BCUT2D eigenvalue weighted by Gasteiger charge is 2.08. The number of rotatable bonds is 5. The fourth-order valence-electron chi connectivity index (χ4n) is 1.96. The fourth-order valence-corrected chi connectivity index (χ4v) is 1.96. The molecule has 2 rings (SSSR count). The number of hydrogen-bond donors (Lipinski definition) is 2. The molecule has 0 bridgehead atoms. The number of carbonyl (C=O) groups excluding carboxylic acids is 2. The Hall–Kier alpha value is -2.69. The Kier molecular flexibility index (Phi) is 5.46.